The third-order valence-electron chi connectivity index (χ3n) is 5.64. The van der Waals surface area contributed by atoms with E-state index in [1.54, 1.807) is 0 Å². The summed E-state index contributed by atoms with van der Waals surface area (Å²) in [5.74, 6) is 1.02. The highest BCUT2D eigenvalue weighted by atomic mass is 16.5. The molecule has 3 aliphatic rings. The van der Waals surface area contributed by atoms with E-state index in [0.29, 0.717) is 12.2 Å². The lowest BCUT2D eigenvalue weighted by Gasteiger charge is -2.38. The topological polar surface area (TPSA) is 15.7 Å². The number of anilines is 1. The molecule has 3 nitrogen and oxygen atoms in total. The van der Waals surface area contributed by atoms with Crippen molar-refractivity contribution in [1.82, 2.24) is 4.90 Å². The summed E-state index contributed by atoms with van der Waals surface area (Å²) in [6.45, 7) is 6.09. The number of nitrogens with zero attached hydrogens (tertiary/aromatic N) is 2. The van der Waals surface area contributed by atoms with Gasteiger partial charge in [0, 0.05) is 38.4 Å². The molecule has 0 spiro atoms. The number of piperidine rings is 2. The van der Waals surface area contributed by atoms with Gasteiger partial charge < -0.3 is 14.5 Å². The molecule has 23 heavy (non-hydrogen) atoms. The van der Waals surface area contributed by atoms with Gasteiger partial charge in [-0.05, 0) is 62.6 Å². The molecule has 1 aliphatic carbocycles. The molecular formula is C20H29N2O. The summed E-state index contributed by atoms with van der Waals surface area (Å²) >= 11 is 0. The SMILES string of the molecule is [c]1ccc(N2CCC(OC3CCN(CC4CC4)CC3)CC2)cc1. The van der Waals surface area contributed by atoms with Crippen LogP contribution in [0.1, 0.15) is 38.5 Å². The van der Waals surface area contributed by atoms with Crippen LogP contribution in [-0.2, 0) is 4.74 Å². The van der Waals surface area contributed by atoms with Crippen LogP contribution >= 0.6 is 0 Å². The second kappa shape index (κ2) is 7.23. The van der Waals surface area contributed by atoms with Gasteiger partial charge in [-0.25, -0.2) is 0 Å². The Morgan fingerprint density at radius 2 is 1.48 bits per heavy atom. The Labute approximate surface area is 140 Å². The molecule has 3 heteroatoms. The van der Waals surface area contributed by atoms with Gasteiger partial charge in [0.2, 0.25) is 0 Å². The highest BCUT2D eigenvalue weighted by Gasteiger charge is 2.29. The molecule has 1 saturated carbocycles. The van der Waals surface area contributed by atoms with E-state index < -0.39 is 0 Å². The van der Waals surface area contributed by atoms with Crippen LogP contribution in [0.2, 0.25) is 0 Å². The highest BCUT2D eigenvalue weighted by molar-refractivity contribution is 5.46. The fraction of sp³-hybridized carbons (Fsp3) is 0.700. The van der Waals surface area contributed by atoms with Crippen molar-refractivity contribution in [2.45, 2.75) is 50.7 Å². The summed E-state index contributed by atoms with van der Waals surface area (Å²) in [5.41, 5.74) is 1.33. The third kappa shape index (κ3) is 4.27. The van der Waals surface area contributed by atoms with E-state index >= 15 is 0 Å². The summed E-state index contributed by atoms with van der Waals surface area (Å²) in [4.78, 5) is 5.14. The monoisotopic (exact) mass is 313 g/mol. The largest absolute Gasteiger partial charge is 0.375 e. The lowest BCUT2D eigenvalue weighted by molar-refractivity contribution is -0.0512. The lowest BCUT2D eigenvalue weighted by atomic mass is 10.0. The zero-order valence-corrected chi connectivity index (χ0v) is 14.1. The van der Waals surface area contributed by atoms with Gasteiger partial charge in [-0.15, -0.1) is 0 Å². The van der Waals surface area contributed by atoms with Gasteiger partial charge in [0.1, 0.15) is 0 Å². The van der Waals surface area contributed by atoms with Crippen molar-refractivity contribution in [3.63, 3.8) is 0 Å². The maximum Gasteiger partial charge on any atom is 0.0612 e. The van der Waals surface area contributed by atoms with E-state index in [2.05, 4.69) is 28.0 Å². The molecule has 125 valence electrons. The van der Waals surface area contributed by atoms with Crippen molar-refractivity contribution in [3.05, 3.63) is 30.3 Å². The van der Waals surface area contributed by atoms with Gasteiger partial charge in [-0.3, -0.25) is 0 Å². The number of benzene rings is 1. The number of likely N-dealkylation sites (tertiary alicyclic amines) is 1. The molecule has 1 aromatic carbocycles. The Morgan fingerprint density at radius 3 is 2.09 bits per heavy atom. The van der Waals surface area contributed by atoms with Crippen LogP contribution in [-0.4, -0.2) is 49.8 Å². The van der Waals surface area contributed by atoms with Gasteiger partial charge in [0.05, 0.1) is 12.2 Å². The molecule has 0 bridgehead atoms. The fourth-order valence-corrected chi connectivity index (χ4v) is 4.00. The van der Waals surface area contributed by atoms with E-state index in [-0.39, 0.29) is 0 Å². The first-order chi connectivity index (χ1) is 11.4. The summed E-state index contributed by atoms with van der Waals surface area (Å²) in [6.07, 6.45) is 8.72. The predicted molar refractivity (Wildman–Crippen MR) is 93.8 cm³/mol. The van der Waals surface area contributed by atoms with Crippen molar-refractivity contribution in [3.8, 4) is 0 Å². The predicted octanol–water partition coefficient (Wildman–Crippen LogP) is 3.35. The van der Waals surface area contributed by atoms with Crippen LogP contribution in [0.3, 0.4) is 0 Å². The molecular weight excluding hydrogens is 284 g/mol. The van der Waals surface area contributed by atoms with E-state index in [1.807, 2.05) is 12.1 Å². The fourth-order valence-electron chi connectivity index (χ4n) is 4.00. The number of ether oxygens (including phenoxy) is 1. The van der Waals surface area contributed by atoms with Crippen LogP contribution in [0.5, 0.6) is 0 Å². The zero-order chi connectivity index (χ0) is 15.5. The Hall–Kier alpha value is -1.06. The molecule has 2 heterocycles. The molecule has 0 amide bonds. The molecule has 4 rings (SSSR count). The van der Waals surface area contributed by atoms with Crippen molar-refractivity contribution < 1.29 is 4.74 Å². The minimum Gasteiger partial charge on any atom is -0.375 e. The average Bonchev–Trinajstić information content (AvgIpc) is 3.42. The maximum absolute atomic E-state index is 6.43. The van der Waals surface area contributed by atoms with E-state index in [9.17, 15) is 0 Å². The Kier molecular flexibility index (Phi) is 4.86. The first-order valence-corrected chi connectivity index (χ1v) is 9.46. The first-order valence-electron chi connectivity index (χ1n) is 9.46. The number of hydrogen-bond acceptors (Lipinski definition) is 3. The van der Waals surface area contributed by atoms with Crippen molar-refractivity contribution in [1.29, 1.82) is 0 Å². The minimum atomic E-state index is 0.474. The van der Waals surface area contributed by atoms with Crippen LogP contribution < -0.4 is 4.90 Å². The van der Waals surface area contributed by atoms with Crippen molar-refractivity contribution in [2.75, 3.05) is 37.6 Å². The van der Waals surface area contributed by atoms with E-state index in [4.69, 9.17) is 4.74 Å². The maximum atomic E-state index is 6.43. The smallest absolute Gasteiger partial charge is 0.0612 e. The quantitative estimate of drug-likeness (QED) is 0.829. The van der Waals surface area contributed by atoms with Crippen LogP contribution in [0.25, 0.3) is 0 Å². The summed E-state index contributed by atoms with van der Waals surface area (Å²) < 4.78 is 6.43. The molecule has 1 radical (unpaired) electrons. The summed E-state index contributed by atoms with van der Waals surface area (Å²) in [6, 6.07) is 11.4. The van der Waals surface area contributed by atoms with Crippen LogP contribution in [0, 0.1) is 12.0 Å². The molecule has 0 unspecified atom stereocenters. The van der Waals surface area contributed by atoms with Gasteiger partial charge in [0.25, 0.3) is 0 Å². The van der Waals surface area contributed by atoms with Gasteiger partial charge in [-0.1, -0.05) is 12.1 Å². The van der Waals surface area contributed by atoms with Crippen LogP contribution in [0.4, 0.5) is 5.69 Å². The lowest BCUT2D eigenvalue weighted by Crippen LogP contribution is -2.42. The van der Waals surface area contributed by atoms with Crippen molar-refractivity contribution in [2.24, 2.45) is 5.92 Å². The molecule has 2 saturated heterocycles. The first kappa shape index (κ1) is 15.5. The normalized spacial score (nSPS) is 25.0. The molecule has 0 atom stereocenters. The van der Waals surface area contributed by atoms with Gasteiger partial charge in [0.15, 0.2) is 0 Å². The molecule has 0 aromatic heterocycles. The third-order valence-corrected chi connectivity index (χ3v) is 5.64. The molecule has 3 fully saturated rings. The second-order valence-corrected chi connectivity index (χ2v) is 7.52. The van der Waals surface area contributed by atoms with Gasteiger partial charge in [-0.2, -0.15) is 0 Å². The average molecular weight is 313 g/mol. The van der Waals surface area contributed by atoms with Crippen LogP contribution in [0.15, 0.2) is 24.3 Å². The molecule has 0 N–H and O–H groups in total. The zero-order valence-electron chi connectivity index (χ0n) is 14.1. The number of rotatable bonds is 5. The Morgan fingerprint density at radius 1 is 0.870 bits per heavy atom. The Bertz CT molecular complexity index is 472. The molecule has 1 aromatic rings. The van der Waals surface area contributed by atoms with E-state index in [1.165, 1.54) is 63.8 Å². The summed E-state index contributed by atoms with van der Waals surface area (Å²) in [5, 5.41) is 0. The Balaban J connectivity index is 1.18. The number of hydrogen-bond donors (Lipinski definition) is 0. The minimum absolute atomic E-state index is 0.474. The van der Waals surface area contributed by atoms with Crippen molar-refractivity contribution >= 4 is 5.69 Å². The standard InChI is InChI=1S/C20H29N2O/c1-2-4-18(5-3-1)22-14-10-20(11-15-22)23-19-8-12-21(13-9-19)16-17-6-7-17/h2-5,17,19-20H,6-16H2. The van der Waals surface area contributed by atoms with Gasteiger partial charge >= 0.3 is 0 Å². The highest BCUT2D eigenvalue weighted by Crippen LogP contribution is 2.31. The molecule has 2 aliphatic heterocycles. The van der Waals surface area contributed by atoms with E-state index in [0.717, 1.165) is 19.0 Å². The summed E-state index contributed by atoms with van der Waals surface area (Å²) in [7, 11) is 0. The second-order valence-electron chi connectivity index (χ2n) is 7.52.